The van der Waals surface area contributed by atoms with Crippen LogP contribution in [0.2, 0.25) is 0 Å². The summed E-state index contributed by atoms with van der Waals surface area (Å²) in [5.74, 6) is 1.31. The minimum Gasteiger partial charge on any atom is -0.480 e. The molecule has 0 aromatic carbocycles. The molecule has 0 rings (SSSR count). The smallest absolute Gasteiger partial charge is 0.323 e. The van der Waals surface area contributed by atoms with E-state index in [-0.39, 0.29) is 19.7 Å². The molecule has 0 saturated carbocycles. The lowest BCUT2D eigenvalue weighted by Gasteiger charge is -2.20. The Morgan fingerprint density at radius 3 is 2.75 bits per heavy atom. The predicted octanol–water partition coefficient (Wildman–Crippen LogP) is -0.248. The second-order valence-corrected chi connectivity index (χ2v) is 2.99. The van der Waals surface area contributed by atoms with Gasteiger partial charge in [0.25, 0.3) is 0 Å². The summed E-state index contributed by atoms with van der Waals surface area (Å²) in [5, 5.41) is 11.1. The molecule has 2 N–H and O–H groups in total. The first kappa shape index (κ1) is 14.3. The Morgan fingerprint density at radius 1 is 1.56 bits per heavy atom. The quantitative estimate of drug-likeness (QED) is 0.465. The number of terminal acetylenes is 1. The molecule has 16 heavy (non-hydrogen) atoms. The van der Waals surface area contributed by atoms with Gasteiger partial charge in [0.1, 0.15) is 6.54 Å². The first-order valence-electron chi connectivity index (χ1n) is 4.78. The number of hydrogen-bond donors (Lipinski definition) is 2. The average Bonchev–Trinajstić information content (AvgIpc) is 2.23. The first-order valence-corrected chi connectivity index (χ1v) is 4.78. The highest BCUT2D eigenvalue weighted by Gasteiger charge is 2.15. The Labute approximate surface area is 94.6 Å². The van der Waals surface area contributed by atoms with Crippen LogP contribution >= 0.6 is 0 Å². The van der Waals surface area contributed by atoms with Gasteiger partial charge in [0, 0.05) is 26.6 Å². The van der Waals surface area contributed by atoms with Crippen molar-refractivity contribution in [3.05, 3.63) is 0 Å². The van der Waals surface area contributed by atoms with Gasteiger partial charge in [-0.2, -0.15) is 0 Å². The zero-order valence-corrected chi connectivity index (χ0v) is 9.23. The van der Waals surface area contributed by atoms with E-state index in [2.05, 4.69) is 11.2 Å². The van der Waals surface area contributed by atoms with Crippen LogP contribution in [0.25, 0.3) is 0 Å². The number of amides is 2. The number of aliphatic carboxylic acids is 1. The van der Waals surface area contributed by atoms with Crippen molar-refractivity contribution in [3.8, 4) is 12.3 Å². The van der Waals surface area contributed by atoms with Crippen molar-refractivity contribution in [1.29, 1.82) is 0 Å². The summed E-state index contributed by atoms with van der Waals surface area (Å²) in [5.41, 5.74) is 0. The number of carbonyl (C=O) groups is 2. The molecule has 6 heteroatoms. The Morgan fingerprint density at radius 2 is 2.25 bits per heavy atom. The van der Waals surface area contributed by atoms with Gasteiger partial charge in [-0.1, -0.05) is 0 Å². The van der Waals surface area contributed by atoms with E-state index in [1.165, 1.54) is 7.11 Å². The van der Waals surface area contributed by atoms with Crippen LogP contribution in [-0.4, -0.2) is 55.4 Å². The van der Waals surface area contributed by atoms with Crippen LogP contribution in [0.3, 0.4) is 0 Å². The Balaban J connectivity index is 4.10. The third kappa shape index (κ3) is 6.68. The molecule has 0 heterocycles. The topological polar surface area (TPSA) is 78.9 Å². The number of urea groups is 1. The minimum atomic E-state index is -1.07. The van der Waals surface area contributed by atoms with E-state index in [1.54, 1.807) is 0 Å². The van der Waals surface area contributed by atoms with Crippen LogP contribution in [0.5, 0.6) is 0 Å². The molecule has 0 aromatic rings. The molecule has 6 nitrogen and oxygen atoms in total. The molecule has 0 aliphatic heterocycles. The monoisotopic (exact) mass is 228 g/mol. The third-order valence-electron chi connectivity index (χ3n) is 1.72. The summed E-state index contributed by atoms with van der Waals surface area (Å²) in [6, 6.07) is -0.449. The maximum absolute atomic E-state index is 11.5. The molecular weight excluding hydrogens is 212 g/mol. The molecular formula is C10H16N2O4. The van der Waals surface area contributed by atoms with Gasteiger partial charge in [-0.3, -0.25) is 4.79 Å². The fourth-order valence-corrected chi connectivity index (χ4v) is 0.971. The molecule has 0 aliphatic rings. The van der Waals surface area contributed by atoms with Crippen molar-refractivity contribution in [2.24, 2.45) is 0 Å². The van der Waals surface area contributed by atoms with Crippen molar-refractivity contribution in [2.45, 2.75) is 6.42 Å². The first-order chi connectivity index (χ1) is 7.61. The second-order valence-electron chi connectivity index (χ2n) is 2.99. The zero-order chi connectivity index (χ0) is 12.4. The Hall–Kier alpha value is -1.74. The van der Waals surface area contributed by atoms with Crippen LogP contribution in [0.4, 0.5) is 4.79 Å². The normalized spacial score (nSPS) is 9.25. The number of carboxylic acids is 1. The predicted molar refractivity (Wildman–Crippen MR) is 57.9 cm³/mol. The van der Waals surface area contributed by atoms with E-state index in [4.69, 9.17) is 16.3 Å². The molecule has 2 amide bonds. The van der Waals surface area contributed by atoms with E-state index in [9.17, 15) is 9.59 Å². The number of carboxylic acid groups (broad SMARTS) is 1. The maximum Gasteiger partial charge on any atom is 0.323 e. The van der Waals surface area contributed by atoms with E-state index < -0.39 is 12.0 Å². The van der Waals surface area contributed by atoms with Gasteiger partial charge in [-0.05, 0) is 0 Å². The molecule has 0 radical (unpaired) electrons. The van der Waals surface area contributed by atoms with Gasteiger partial charge < -0.3 is 20.1 Å². The number of nitrogens with one attached hydrogen (secondary N) is 1. The van der Waals surface area contributed by atoms with Crippen LogP contribution < -0.4 is 5.32 Å². The molecule has 90 valence electrons. The molecule has 0 spiro atoms. The van der Waals surface area contributed by atoms with Crippen molar-refractivity contribution in [1.82, 2.24) is 10.2 Å². The Kier molecular flexibility index (Phi) is 7.63. The number of hydrogen-bond acceptors (Lipinski definition) is 3. The molecule has 0 fully saturated rings. The van der Waals surface area contributed by atoms with Crippen molar-refractivity contribution < 1.29 is 19.4 Å². The van der Waals surface area contributed by atoms with E-state index >= 15 is 0 Å². The number of rotatable bonds is 7. The summed E-state index contributed by atoms with van der Waals surface area (Å²) in [6.07, 6.45) is 5.44. The van der Waals surface area contributed by atoms with E-state index in [0.717, 1.165) is 4.90 Å². The number of nitrogens with zero attached hydrogens (tertiary/aromatic N) is 1. The van der Waals surface area contributed by atoms with Gasteiger partial charge in [-0.25, -0.2) is 4.79 Å². The van der Waals surface area contributed by atoms with Gasteiger partial charge in [-0.15, -0.1) is 12.3 Å². The summed E-state index contributed by atoms with van der Waals surface area (Å²) in [6.45, 7) is 0.490. The zero-order valence-electron chi connectivity index (χ0n) is 9.23. The number of methoxy groups -OCH3 is 1. The minimum absolute atomic E-state index is 0.227. The van der Waals surface area contributed by atoms with Crippen LogP contribution in [0.15, 0.2) is 0 Å². The van der Waals surface area contributed by atoms with Crippen LogP contribution in [0, 0.1) is 12.3 Å². The van der Waals surface area contributed by atoms with Crippen molar-refractivity contribution in [2.75, 3.05) is 33.4 Å². The van der Waals surface area contributed by atoms with Gasteiger partial charge >= 0.3 is 12.0 Å². The summed E-state index contributed by atoms with van der Waals surface area (Å²) in [7, 11) is 1.48. The second kappa shape index (κ2) is 8.56. The molecule has 0 aliphatic carbocycles. The number of ether oxygens (including phenoxy) is 1. The highest BCUT2D eigenvalue weighted by Crippen LogP contribution is 1.90. The standard InChI is InChI=1S/C10H16N2O4/c1-3-4-5-11-10(15)12(6-7-16-2)8-9(13)14/h1H,4-8H2,2H3,(H,11,15)(H,13,14). The average molecular weight is 228 g/mol. The lowest BCUT2D eigenvalue weighted by atomic mass is 10.4. The highest BCUT2D eigenvalue weighted by molar-refractivity contribution is 5.80. The lowest BCUT2D eigenvalue weighted by Crippen LogP contribution is -2.44. The Bertz CT molecular complexity index is 272. The van der Waals surface area contributed by atoms with Crippen molar-refractivity contribution >= 4 is 12.0 Å². The van der Waals surface area contributed by atoms with Gasteiger partial charge in [0.15, 0.2) is 0 Å². The molecule has 0 aromatic heterocycles. The molecule has 0 bridgehead atoms. The van der Waals surface area contributed by atoms with Gasteiger partial charge in [0.05, 0.1) is 6.61 Å². The van der Waals surface area contributed by atoms with Gasteiger partial charge in [0.2, 0.25) is 0 Å². The van der Waals surface area contributed by atoms with Crippen LogP contribution in [0.1, 0.15) is 6.42 Å². The summed E-state index contributed by atoms with van der Waals surface area (Å²) in [4.78, 5) is 23.2. The fraction of sp³-hybridized carbons (Fsp3) is 0.600. The molecule has 0 saturated heterocycles. The molecule has 0 atom stereocenters. The largest absolute Gasteiger partial charge is 0.480 e. The van der Waals surface area contributed by atoms with Crippen molar-refractivity contribution in [3.63, 3.8) is 0 Å². The van der Waals surface area contributed by atoms with E-state index in [0.29, 0.717) is 13.0 Å². The summed E-state index contributed by atoms with van der Waals surface area (Å²) >= 11 is 0. The highest BCUT2D eigenvalue weighted by atomic mass is 16.5. The molecule has 0 unspecified atom stereocenters. The number of carbonyl (C=O) groups excluding carboxylic acids is 1. The summed E-state index contributed by atoms with van der Waals surface area (Å²) < 4.78 is 4.78. The fourth-order valence-electron chi connectivity index (χ4n) is 0.971. The van der Waals surface area contributed by atoms with E-state index in [1.807, 2.05) is 0 Å². The lowest BCUT2D eigenvalue weighted by molar-refractivity contribution is -0.137. The SMILES string of the molecule is C#CCCNC(=O)N(CCOC)CC(=O)O. The maximum atomic E-state index is 11.5. The third-order valence-corrected chi connectivity index (χ3v) is 1.72. The van der Waals surface area contributed by atoms with Crippen LogP contribution in [-0.2, 0) is 9.53 Å².